The zero-order valence-electron chi connectivity index (χ0n) is 6.17. The van der Waals surface area contributed by atoms with E-state index in [0.717, 1.165) is 10.9 Å². The molecule has 0 saturated carbocycles. The monoisotopic (exact) mass is 216 g/mol. The molecule has 0 aliphatic heterocycles. The molecular formula is C8H9BrO2. The molecule has 1 rings (SSSR count). The van der Waals surface area contributed by atoms with Crippen molar-refractivity contribution < 1.29 is 9.84 Å². The smallest absolute Gasteiger partial charge is 0.160 e. The van der Waals surface area contributed by atoms with E-state index in [-0.39, 0.29) is 5.75 Å². The Hall–Kier alpha value is -0.700. The van der Waals surface area contributed by atoms with Crippen molar-refractivity contribution in [3.8, 4) is 11.5 Å². The lowest BCUT2D eigenvalue weighted by atomic mass is 10.2. The average Bonchev–Trinajstić information content (AvgIpc) is 2.05. The van der Waals surface area contributed by atoms with Gasteiger partial charge in [0.25, 0.3) is 0 Å². The minimum atomic E-state index is 0.178. The number of phenolic OH excluding ortho intramolecular Hbond substituents is 1. The highest BCUT2D eigenvalue weighted by Gasteiger charge is 2.00. The zero-order chi connectivity index (χ0) is 8.27. The van der Waals surface area contributed by atoms with Crippen LogP contribution in [0.4, 0.5) is 0 Å². The van der Waals surface area contributed by atoms with Gasteiger partial charge in [-0.25, -0.2) is 0 Å². The van der Waals surface area contributed by atoms with Gasteiger partial charge in [0.2, 0.25) is 0 Å². The van der Waals surface area contributed by atoms with E-state index in [9.17, 15) is 5.11 Å². The number of aromatic hydroxyl groups is 1. The van der Waals surface area contributed by atoms with Crippen molar-refractivity contribution in [3.05, 3.63) is 23.8 Å². The molecule has 0 saturated heterocycles. The lowest BCUT2D eigenvalue weighted by Crippen LogP contribution is -1.85. The second-order valence-electron chi connectivity index (χ2n) is 2.14. The molecule has 3 heteroatoms. The summed E-state index contributed by atoms with van der Waals surface area (Å²) in [5, 5.41) is 9.96. The second kappa shape index (κ2) is 3.62. The van der Waals surface area contributed by atoms with Gasteiger partial charge in [0.15, 0.2) is 11.5 Å². The van der Waals surface area contributed by atoms with Crippen LogP contribution in [0, 0.1) is 0 Å². The number of ether oxygens (including phenoxy) is 1. The molecule has 1 N–H and O–H groups in total. The van der Waals surface area contributed by atoms with Crippen LogP contribution in [-0.4, -0.2) is 12.2 Å². The van der Waals surface area contributed by atoms with Crippen molar-refractivity contribution >= 4 is 15.9 Å². The van der Waals surface area contributed by atoms with Crippen molar-refractivity contribution in [1.29, 1.82) is 0 Å². The summed E-state index contributed by atoms with van der Waals surface area (Å²) < 4.78 is 4.92. The normalized spacial score (nSPS) is 9.64. The lowest BCUT2D eigenvalue weighted by Gasteiger charge is -2.03. The molecule has 0 spiro atoms. The maximum absolute atomic E-state index is 9.19. The Bertz CT molecular complexity index is 248. The molecule has 0 unspecified atom stereocenters. The molecule has 0 bridgehead atoms. The van der Waals surface area contributed by atoms with E-state index in [1.807, 2.05) is 6.07 Å². The number of rotatable bonds is 2. The van der Waals surface area contributed by atoms with Gasteiger partial charge in [-0.05, 0) is 17.7 Å². The summed E-state index contributed by atoms with van der Waals surface area (Å²) in [6, 6.07) is 5.26. The van der Waals surface area contributed by atoms with Crippen LogP contribution in [0.2, 0.25) is 0 Å². The van der Waals surface area contributed by atoms with Gasteiger partial charge in [-0.2, -0.15) is 0 Å². The summed E-state index contributed by atoms with van der Waals surface area (Å²) in [6.45, 7) is 0. The Morgan fingerprint density at radius 3 is 2.82 bits per heavy atom. The third-order valence-corrected chi connectivity index (χ3v) is 2.05. The van der Waals surface area contributed by atoms with Gasteiger partial charge in [-0.3, -0.25) is 0 Å². The maximum Gasteiger partial charge on any atom is 0.160 e. The average molecular weight is 217 g/mol. The summed E-state index contributed by atoms with van der Waals surface area (Å²) in [6.07, 6.45) is 0. The van der Waals surface area contributed by atoms with Crippen LogP contribution < -0.4 is 4.74 Å². The first-order chi connectivity index (χ1) is 5.27. The van der Waals surface area contributed by atoms with Crippen molar-refractivity contribution in [2.75, 3.05) is 7.11 Å². The fraction of sp³-hybridized carbons (Fsp3) is 0.250. The summed E-state index contributed by atoms with van der Waals surface area (Å²) in [5.41, 5.74) is 1.08. The van der Waals surface area contributed by atoms with Crippen molar-refractivity contribution in [3.63, 3.8) is 0 Å². The van der Waals surface area contributed by atoms with E-state index in [1.165, 1.54) is 7.11 Å². The fourth-order valence-corrected chi connectivity index (χ4v) is 1.15. The zero-order valence-corrected chi connectivity index (χ0v) is 7.76. The second-order valence-corrected chi connectivity index (χ2v) is 2.70. The standard InChI is InChI=1S/C8H9BrO2/c1-11-8-4-6(5-9)2-3-7(8)10/h2-4,10H,5H2,1H3. The van der Waals surface area contributed by atoms with E-state index in [0.29, 0.717) is 5.75 Å². The number of phenols is 1. The molecule has 0 heterocycles. The summed E-state index contributed by atoms with van der Waals surface area (Å²) in [7, 11) is 1.53. The number of hydrogen-bond acceptors (Lipinski definition) is 2. The largest absolute Gasteiger partial charge is 0.504 e. The molecule has 0 amide bonds. The first kappa shape index (κ1) is 8.40. The highest BCUT2D eigenvalue weighted by atomic mass is 79.9. The molecule has 0 fully saturated rings. The van der Waals surface area contributed by atoms with Gasteiger partial charge in [0.1, 0.15) is 0 Å². The van der Waals surface area contributed by atoms with Crippen LogP contribution >= 0.6 is 15.9 Å². The van der Waals surface area contributed by atoms with Crippen LogP contribution in [0.5, 0.6) is 11.5 Å². The predicted octanol–water partition coefficient (Wildman–Crippen LogP) is 2.30. The van der Waals surface area contributed by atoms with Crippen molar-refractivity contribution in [2.45, 2.75) is 5.33 Å². The van der Waals surface area contributed by atoms with Gasteiger partial charge in [-0.15, -0.1) is 0 Å². The highest BCUT2D eigenvalue weighted by Crippen LogP contribution is 2.26. The third-order valence-electron chi connectivity index (χ3n) is 1.40. The topological polar surface area (TPSA) is 29.5 Å². The Kier molecular flexibility index (Phi) is 2.76. The van der Waals surface area contributed by atoms with E-state index in [2.05, 4.69) is 15.9 Å². The van der Waals surface area contributed by atoms with Crippen LogP contribution in [0.15, 0.2) is 18.2 Å². The lowest BCUT2D eigenvalue weighted by molar-refractivity contribution is 0.373. The highest BCUT2D eigenvalue weighted by molar-refractivity contribution is 9.08. The van der Waals surface area contributed by atoms with Gasteiger partial charge in [0.05, 0.1) is 7.11 Å². The number of benzene rings is 1. The van der Waals surface area contributed by atoms with E-state index < -0.39 is 0 Å². The molecule has 0 radical (unpaired) electrons. The fourth-order valence-electron chi connectivity index (χ4n) is 0.805. The van der Waals surface area contributed by atoms with E-state index >= 15 is 0 Å². The first-order valence-electron chi connectivity index (χ1n) is 3.19. The SMILES string of the molecule is COc1cc(CBr)ccc1O. The number of methoxy groups -OCH3 is 1. The summed E-state index contributed by atoms with van der Waals surface area (Å²) >= 11 is 3.31. The third kappa shape index (κ3) is 1.87. The van der Waals surface area contributed by atoms with Gasteiger partial charge in [0, 0.05) is 5.33 Å². The molecule has 11 heavy (non-hydrogen) atoms. The minimum Gasteiger partial charge on any atom is -0.504 e. The summed E-state index contributed by atoms with van der Waals surface area (Å²) in [5.74, 6) is 0.694. The Morgan fingerprint density at radius 2 is 2.27 bits per heavy atom. The Morgan fingerprint density at radius 1 is 1.55 bits per heavy atom. The molecule has 0 atom stereocenters. The van der Waals surface area contributed by atoms with Crippen LogP contribution in [0.25, 0.3) is 0 Å². The molecule has 1 aromatic carbocycles. The molecule has 0 aliphatic carbocycles. The Balaban J connectivity index is 3.02. The maximum atomic E-state index is 9.19. The molecule has 0 aromatic heterocycles. The Labute approximate surface area is 73.9 Å². The van der Waals surface area contributed by atoms with E-state index in [4.69, 9.17) is 4.74 Å². The predicted molar refractivity (Wildman–Crippen MR) is 47.3 cm³/mol. The van der Waals surface area contributed by atoms with Crippen LogP contribution in [0.3, 0.4) is 0 Å². The number of alkyl halides is 1. The number of hydrogen-bond donors (Lipinski definition) is 1. The minimum absolute atomic E-state index is 0.178. The molecule has 60 valence electrons. The number of halogens is 1. The molecule has 1 aromatic rings. The molecular weight excluding hydrogens is 208 g/mol. The summed E-state index contributed by atoms with van der Waals surface area (Å²) in [4.78, 5) is 0. The van der Waals surface area contributed by atoms with Crippen molar-refractivity contribution in [2.24, 2.45) is 0 Å². The van der Waals surface area contributed by atoms with Crippen LogP contribution in [0.1, 0.15) is 5.56 Å². The van der Waals surface area contributed by atoms with Gasteiger partial charge >= 0.3 is 0 Å². The molecule has 2 nitrogen and oxygen atoms in total. The van der Waals surface area contributed by atoms with Crippen LogP contribution in [-0.2, 0) is 5.33 Å². The van der Waals surface area contributed by atoms with E-state index in [1.54, 1.807) is 12.1 Å². The molecule has 0 aliphatic rings. The first-order valence-corrected chi connectivity index (χ1v) is 4.32. The van der Waals surface area contributed by atoms with Gasteiger partial charge < -0.3 is 9.84 Å². The van der Waals surface area contributed by atoms with Gasteiger partial charge in [-0.1, -0.05) is 22.0 Å². The quantitative estimate of drug-likeness (QED) is 0.770. The van der Waals surface area contributed by atoms with Crippen molar-refractivity contribution in [1.82, 2.24) is 0 Å².